The molecule has 3 N–H and O–H groups in total. The highest BCUT2D eigenvalue weighted by atomic mass is 79.9. The first-order valence-electron chi connectivity index (χ1n) is 6.76. The number of amides is 1. The SMILES string of the molecule is CC(Cc1ccc(F)c(Br)c1)NC(=O)C(N)CCS(C)(=O)=O.Cl. The van der Waals surface area contributed by atoms with Crippen molar-refractivity contribution in [3.8, 4) is 0 Å². The number of nitrogens with two attached hydrogens (primary N) is 1. The second kappa shape index (κ2) is 9.56. The Labute approximate surface area is 150 Å². The minimum atomic E-state index is -3.14. The number of hydrogen-bond donors (Lipinski definition) is 2. The molecule has 1 amide bonds. The van der Waals surface area contributed by atoms with E-state index >= 15 is 0 Å². The van der Waals surface area contributed by atoms with Crippen LogP contribution in [0.25, 0.3) is 0 Å². The molecule has 0 aromatic heterocycles. The van der Waals surface area contributed by atoms with Crippen LogP contribution < -0.4 is 11.1 Å². The molecule has 2 unspecified atom stereocenters. The lowest BCUT2D eigenvalue weighted by Crippen LogP contribution is -2.45. The summed E-state index contributed by atoms with van der Waals surface area (Å²) in [6.07, 6.45) is 1.70. The second-order valence-corrected chi connectivity index (χ2v) is 8.50. The van der Waals surface area contributed by atoms with E-state index in [1.165, 1.54) is 6.07 Å². The van der Waals surface area contributed by atoms with Crippen LogP contribution in [0.2, 0.25) is 0 Å². The van der Waals surface area contributed by atoms with Gasteiger partial charge in [0.1, 0.15) is 15.7 Å². The number of hydrogen-bond acceptors (Lipinski definition) is 4. The Balaban J connectivity index is 0.00000484. The minimum absolute atomic E-state index is 0. The Morgan fingerprint density at radius 3 is 2.57 bits per heavy atom. The minimum Gasteiger partial charge on any atom is -0.352 e. The van der Waals surface area contributed by atoms with Gasteiger partial charge in [0.05, 0.1) is 16.3 Å². The molecule has 2 atom stereocenters. The standard InChI is InChI=1S/C14H20BrFN2O3S.ClH/c1-9(7-10-3-4-12(16)11(15)8-10)18-14(19)13(17)5-6-22(2,20)21;/h3-4,8-9,13H,5-7,17H2,1-2H3,(H,18,19);1H. The van der Waals surface area contributed by atoms with Crippen LogP contribution in [0.5, 0.6) is 0 Å². The number of rotatable bonds is 7. The third-order valence-electron chi connectivity index (χ3n) is 3.05. The van der Waals surface area contributed by atoms with E-state index in [-0.39, 0.29) is 36.4 Å². The van der Waals surface area contributed by atoms with Gasteiger partial charge in [0.15, 0.2) is 0 Å². The molecule has 9 heteroatoms. The van der Waals surface area contributed by atoms with Crippen molar-refractivity contribution in [2.75, 3.05) is 12.0 Å². The summed E-state index contributed by atoms with van der Waals surface area (Å²) in [6, 6.07) is 3.59. The molecule has 0 bridgehead atoms. The fourth-order valence-corrected chi connectivity index (χ4v) is 3.00. The fraction of sp³-hybridized carbons (Fsp3) is 0.500. The van der Waals surface area contributed by atoms with Gasteiger partial charge >= 0.3 is 0 Å². The zero-order valence-corrected chi connectivity index (χ0v) is 16.1. The van der Waals surface area contributed by atoms with E-state index in [1.54, 1.807) is 19.1 Å². The zero-order valence-electron chi connectivity index (χ0n) is 12.9. The molecule has 0 spiro atoms. The number of halogens is 3. The summed E-state index contributed by atoms with van der Waals surface area (Å²) < 4.78 is 35.6. The lowest BCUT2D eigenvalue weighted by molar-refractivity contribution is -0.122. The maximum atomic E-state index is 13.2. The molecule has 132 valence electrons. The second-order valence-electron chi connectivity index (χ2n) is 5.39. The summed E-state index contributed by atoms with van der Waals surface area (Å²) >= 11 is 3.11. The van der Waals surface area contributed by atoms with Crippen LogP contribution >= 0.6 is 28.3 Å². The molecule has 1 aromatic carbocycles. The predicted octanol–water partition coefficient (Wildman–Crippen LogP) is 1.82. The summed E-state index contributed by atoms with van der Waals surface area (Å²) in [5, 5.41) is 2.73. The molecule has 0 radical (unpaired) electrons. The predicted molar refractivity (Wildman–Crippen MR) is 95.0 cm³/mol. The van der Waals surface area contributed by atoms with Gasteiger partial charge in [0.25, 0.3) is 0 Å². The van der Waals surface area contributed by atoms with Gasteiger partial charge < -0.3 is 11.1 Å². The normalized spacial score (nSPS) is 13.8. The van der Waals surface area contributed by atoms with Gasteiger partial charge in [-0.15, -0.1) is 12.4 Å². The van der Waals surface area contributed by atoms with Gasteiger partial charge in [0.2, 0.25) is 5.91 Å². The largest absolute Gasteiger partial charge is 0.352 e. The van der Waals surface area contributed by atoms with E-state index in [0.717, 1.165) is 11.8 Å². The highest BCUT2D eigenvalue weighted by Gasteiger charge is 2.18. The summed E-state index contributed by atoms with van der Waals surface area (Å²) in [6.45, 7) is 1.80. The Bertz CT molecular complexity index is 643. The molecule has 0 aliphatic heterocycles. The van der Waals surface area contributed by atoms with Crippen molar-refractivity contribution in [3.63, 3.8) is 0 Å². The maximum absolute atomic E-state index is 13.2. The smallest absolute Gasteiger partial charge is 0.237 e. The summed E-state index contributed by atoms with van der Waals surface area (Å²) in [5.74, 6) is -0.860. The van der Waals surface area contributed by atoms with Gasteiger partial charge in [-0.25, -0.2) is 12.8 Å². The first kappa shape index (κ1) is 22.3. The van der Waals surface area contributed by atoms with Crippen molar-refractivity contribution < 1.29 is 17.6 Å². The van der Waals surface area contributed by atoms with Gasteiger partial charge in [-0.3, -0.25) is 4.79 Å². The number of sulfone groups is 1. The molecule has 0 aliphatic rings. The molecule has 1 rings (SSSR count). The lowest BCUT2D eigenvalue weighted by Gasteiger charge is -2.17. The quantitative estimate of drug-likeness (QED) is 0.689. The van der Waals surface area contributed by atoms with E-state index in [9.17, 15) is 17.6 Å². The van der Waals surface area contributed by atoms with Crippen molar-refractivity contribution in [3.05, 3.63) is 34.1 Å². The third-order valence-corrected chi connectivity index (χ3v) is 4.64. The Hall–Kier alpha value is -0.700. The van der Waals surface area contributed by atoms with Gasteiger partial charge in [-0.05, 0) is 53.4 Å². The highest BCUT2D eigenvalue weighted by molar-refractivity contribution is 9.10. The van der Waals surface area contributed by atoms with E-state index in [4.69, 9.17) is 5.73 Å². The lowest BCUT2D eigenvalue weighted by atomic mass is 10.1. The van der Waals surface area contributed by atoms with Crippen molar-refractivity contribution in [1.82, 2.24) is 5.32 Å². The van der Waals surface area contributed by atoms with Crippen molar-refractivity contribution >= 4 is 44.1 Å². The van der Waals surface area contributed by atoms with Gasteiger partial charge in [0, 0.05) is 12.3 Å². The van der Waals surface area contributed by atoms with E-state index < -0.39 is 21.8 Å². The molecule has 0 fully saturated rings. The van der Waals surface area contributed by atoms with Crippen LogP contribution in [0, 0.1) is 5.82 Å². The molecule has 0 heterocycles. The number of carbonyl (C=O) groups excluding carboxylic acids is 1. The monoisotopic (exact) mass is 430 g/mol. The van der Waals surface area contributed by atoms with Crippen LogP contribution in [0.4, 0.5) is 4.39 Å². The van der Waals surface area contributed by atoms with Gasteiger partial charge in [-0.2, -0.15) is 0 Å². The average molecular weight is 432 g/mol. The van der Waals surface area contributed by atoms with Crippen LogP contribution in [0.15, 0.2) is 22.7 Å². The molecule has 23 heavy (non-hydrogen) atoms. The highest BCUT2D eigenvalue weighted by Crippen LogP contribution is 2.17. The summed E-state index contributed by atoms with van der Waals surface area (Å²) in [7, 11) is -3.14. The summed E-state index contributed by atoms with van der Waals surface area (Å²) in [4.78, 5) is 11.9. The number of carbonyl (C=O) groups is 1. The number of benzene rings is 1. The van der Waals surface area contributed by atoms with Gasteiger partial charge in [-0.1, -0.05) is 6.07 Å². The maximum Gasteiger partial charge on any atom is 0.237 e. The molecular formula is C14H21BrClFN2O3S. The van der Waals surface area contributed by atoms with E-state index in [0.29, 0.717) is 10.9 Å². The topological polar surface area (TPSA) is 89.3 Å². The van der Waals surface area contributed by atoms with Crippen LogP contribution in [0.3, 0.4) is 0 Å². The van der Waals surface area contributed by atoms with Crippen LogP contribution in [-0.2, 0) is 21.1 Å². The summed E-state index contributed by atoms with van der Waals surface area (Å²) in [5.41, 5.74) is 6.54. The first-order chi connectivity index (χ1) is 10.1. The molecular weight excluding hydrogens is 411 g/mol. The zero-order chi connectivity index (χ0) is 16.9. The van der Waals surface area contributed by atoms with E-state index in [2.05, 4.69) is 21.2 Å². The van der Waals surface area contributed by atoms with Crippen molar-refractivity contribution in [2.24, 2.45) is 5.73 Å². The Morgan fingerprint density at radius 2 is 2.04 bits per heavy atom. The average Bonchev–Trinajstić information content (AvgIpc) is 2.39. The van der Waals surface area contributed by atoms with Crippen LogP contribution in [-0.4, -0.2) is 38.4 Å². The molecule has 0 saturated carbocycles. The first-order valence-corrected chi connectivity index (χ1v) is 9.61. The Morgan fingerprint density at radius 1 is 1.43 bits per heavy atom. The third kappa shape index (κ3) is 8.64. The van der Waals surface area contributed by atoms with Crippen molar-refractivity contribution in [2.45, 2.75) is 31.8 Å². The van der Waals surface area contributed by atoms with E-state index in [1.807, 2.05) is 0 Å². The molecule has 5 nitrogen and oxygen atoms in total. The Kier molecular flexibility index (Phi) is 9.27. The molecule has 0 aliphatic carbocycles. The van der Waals surface area contributed by atoms with Crippen LogP contribution in [0.1, 0.15) is 18.9 Å². The molecule has 0 saturated heterocycles. The fourth-order valence-electron chi connectivity index (χ4n) is 1.89. The number of nitrogens with one attached hydrogen (secondary N) is 1. The van der Waals surface area contributed by atoms with Crippen molar-refractivity contribution in [1.29, 1.82) is 0 Å². The molecule has 1 aromatic rings.